The molecule has 2 atom stereocenters. The minimum Gasteiger partial charge on any atom is -0.345 e. The molecule has 2 unspecified atom stereocenters. The van der Waals surface area contributed by atoms with Crippen molar-refractivity contribution in [1.82, 2.24) is 4.90 Å². The van der Waals surface area contributed by atoms with Crippen LogP contribution in [0.3, 0.4) is 0 Å². The normalized spacial score (nSPS) is 13.9. The summed E-state index contributed by atoms with van der Waals surface area (Å²) in [4.78, 5) is 14.6. The first-order valence-corrected chi connectivity index (χ1v) is 7.41. The second kappa shape index (κ2) is 7.98. The smallest absolute Gasteiger partial charge is 0.230 e. The largest absolute Gasteiger partial charge is 0.345 e. The average Bonchev–Trinajstić information content (AvgIpc) is 2.45. The molecule has 0 aliphatic carbocycles. The fourth-order valence-electron chi connectivity index (χ4n) is 2.35. The first-order valence-electron chi connectivity index (χ1n) is 7.41. The molecule has 0 heterocycles. The van der Waals surface area contributed by atoms with Crippen LogP contribution in [0.2, 0.25) is 0 Å². The quantitative estimate of drug-likeness (QED) is 0.724. The van der Waals surface area contributed by atoms with Crippen LogP contribution in [0.15, 0.2) is 30.3 Å². The average molecular weight is 261 g/mol. The van der Waals surface area contributed by atoms with Crippen molar-refractivity contribution in [2.45, 2.75) is 46.0 Å². The molecule has 106 valence electrons. The number of hydrogen-bond donors (Lipinski definition) is 0. The highest BCUT2D eigenvalue weighted by molar-refractivity contribution is 5.83. The summed E-state index contributed by atoms with van der Waals surface area (Å²) >= 11 is 0. The van der Waals surface area contributed by atoms with Gasteiger partial charge in [0.25, 0.3) is 0 Å². The van der Waals surface area contributed by atoms with Gasteiger partial charge in [-0.05, 0) is 17.9 Å². The second-order valence-electron chi connectivity index (χ2n) is 5.39. The van der Waals surface area contributed by atoms with Crippen molar-refractivity contribution in [2.75, 3.05) is 13.6 Å². The van der Waals surface area contributed by atoms with Crippen molar-refractivity contribution in [3.8, 4) is 0 Å². The summed E-state index contributed by atoms with van der Waals surface area (Å²) in [5, 5.41) is 0. The van der Waals surface area contributed by atoms with Gasteiger partial charge in [-0.25, -0.2) is 0 Å². The molecule has 1 amide bonds. The second-order valence-corrected chi connectivity index (χ2v) is 5.39. The van der Waals surface area contributed by atoms with E-state index in [2.05, 4.69) is 32.9 Å². The van der Waals surface area contributed by atoms with Crippen LogP contribution in [0.1, 0.15) is 51.5 Å². The van der Waals surface area contributed by atoms with Crippen LogP contribution in [-0.2, 0) is 4.79 Å². The third-order valence-corrected chi connectivity index (χ3v) is 3.86. The van der Waals surface area contributed by atoms with E-state index in [-0.39, 0.29) is 11.8 Å². The molecule has 0 aliphatic rings. The number of nitrogens with zero attached hydrogens (tertiary/aromatic N) is 1. The van der Waals surface area contributed by atoms with Gasteiger partial charge in [0.15, 0.2) is 0 Å². The number of carbonyl (C=O) groups excluding carboxylic acids is 1. The van der Waals surface area contributed by atoms with Gasteiger partial charge in [-0.3, -0.25) is 4.79 Å². The van der Waals surface area contributed by atoms with Gasteiger partial charge in [0.1, 0.15) is 0 Å². The fraction of sp³-hybridized carbons (Fsp3) is 0.588. The van der Waals surface area contributed by atoms with Crippen molar-refractivity contribution in [1.29, 1.82) is 0 Å². The molecule has 1 aromatic carbocycles. The van der Waals surface area contributed by atoms with E-state index in [1.165, 1.54) is 0 Å². The van der Waals surface area contributed by atoms with Gasteiger partial charge < -0.3 is 4.90 Å². The van der Waals surface area contributed by atoms with Gasteiger partial charge in [0.05, 0.1) is 5.92 Å². The van der Waals surface area contributed by atoms with E-state index in [1.807, 2.05) is 30.1 Å². The summed E-state index contributed by atoms with van der Waals surface area (Å²) in [5.41, 5.74) is 1.14. The maximum atomic E-state index is 12.7. The van der Waals surface area contributed by atoms with Crippen molar-refractivity contribution >= 4 is 5.91 Å². The van der Waals surface area contributed by atoms with Gasteiger partial charge in [0, 0.05) is 13.6 Å². The van der Waals surface area contributed by atoms with Crippen LogP contribution in [0, 0.1) is 5.92 Å². The topological polar surface area (TPSA) is 20.3 Å². The van der Waals surface area contributed by atoms with E-state index in [0.717, 1.165) is 31.4 Å². The van der Waals surface area contributed by atoms with Crippen molar-refractivity contribution < 1.29 is 4.79 Å². The SMILES string of the molecule is CCCCN(C)C(=O)C(c1ccccc1)C(C)CC. The first-order chi connectivity index (χ1) is 9.11. The molecule has 2 heteroatoms. The number of hydrogen-bond acceptors (Lipinski definition) is 1. The third-order valence-electron chi connectivity index (χ3n) is 3.86. The molecule has 0 aliphatic heterocycles. The molecule has 0 saturated carbocycles. The van der Waals surface area contributed by atoms with Crippen LogP contribution in [0.4, 0.5) is 0 Å². The number of benzene rings is 1. The lowest BCUT2D eigenvalue weighted by Crippen LogP contribution is -2.35. The Bertz CT molecular complexity index is 374. The minimum atomic E-state index is -0.00643. The molecule has 0 spiro atoms. The predicted octanol–water partition coefficient (Wildman–Crippen LogP) is 4.07. The third kappa shape index (κ3) is 4.38. The summed E-state index contributed by atoms with van der Waals surface area (Å²) in [6.45, 7) is 7.33. The number of unbranched alkanes of at least 4 members (excludes halogenated alkanes) is 1. The molecule has 0 fully saturated rings. The van der Waals surface area contributed by atoms with Crippen LogP contribution in [0.25, 0.3) is 0 Å². The van der Waals surface area contributed by atoms with Crippen molar-refractivity contribution in [3.63, 3.8) is 0 Å². The Morgan fingerprint density at radius 1 is 1.21 bits per heavy atom. The molecule has 0 radical (unpaired) electrons. The maximum absolute atomic E-state index is 12.7. The summed E-state index contributed by atoms with van der Waals surface area (Å²) in [6, 6.07) is 10.2. The number of rotatable bonds is 7. The Morgan fingerprint density at radius 3 is 2.37 bits per heavy atom. The van der Waals surface area contributed by atoms with Gasteiger partial charge >= 0.3 is 0 Å². The van der Waals surface area contributed by atoms with Gasteiger partial charge in [0.2, 0.25) is 5.91 Å². The Hall–Kier alpha value is -1.31. The number of amides is 1. The molecule has 0 aromatic heterocycles. The lowest BCUT2D eigenvalue weighted by Gasteiger charge is -2.28. The fourth-order valence-corrected chi connectivity index (χ4v) is 2.35. The Labute approximate surface area is 117 Å². The molecular weight excluding hydrogens is 234 g/mol. The maximum Gasteiger partial charge on any atom is 0.230 e. The monoisotopic (exact) mass is 261 g/mol. The molecule has 2 nitrogen and oxygen atoms in total. The van der Waals surface area contributed by atoms with Crippen molar-refractivity contribution in [2.24, 2.45) is 5.92 Å². The standard InChI is InChI=1S/C17H27NO/c1-5-7-13-18(4)17(19)16(14(3)6-2)15-11-9-8-10-12-15/h8-12,14,16H,5-7,13H2,1-4H3. The molecule has 0 N–H and O–H groups in total. The van der Waals surface area contributed by atoms with Crippen LogP contribution < -0.4 is 0 Å². The van der Waals surface area contributed by atoms with E-state index in [0.29, 0.717) is 5.92 Å². The zero-order chi connectivity index (χ0) is 14.3. The van der Waals surface area contributed by atoms with Gasteiger partial charge in [-0.1, -0.05) is 63.9 Å². The van der Waals surface area contributed by atoms with E-state index >= 15 is 0 Å². The summed E-state index contributed by atoms with van der Waals surface area (Å²) in [7, 11) is 1.93. The number of likely N-dealkylation sites (N-methyl/N-ethyl adjacent to an activating group) is 1. The van der Waals surface area contributed by atoms with Crippen LogP contribution >= 0.6 is 0 Å². The molecule has 19 heavy (non-hydrogen) atoms. The van der Waals surface area contributed by atoms with Gasteiger partial charge in [-0.15, -0.1) is 0 Å². The highest BCUT2D eigenvalue weighted by atomic mass is 16.2. The lowest BCUT2D eigenvalue weighted by molar-refractivity contribution is -0.132. The Kier molecular flexibility index (Phi) is 6.61. The lowest BCUT2D eigenvalue weighted by atomic mass is 9.84. The number of carbonyl (C=O) groups is 1. The van der Waals surface area contributed by atoms with E-state index in [4.69, 9.17) is 0 Å². The van der Waals surface area contributed by atoms with Crippen LogP contribution in [0.5, 0.6) is 0 Å². The zero-order valence-electron chi connectivity index (χ0n) is 12.7. The van der Waals surface area contributed by atoms with Crippen molar-refractivity contribution in [3.05, 3.63) is 35.9 Å². The molecular formula is C17H27NO. The molecule has 0 saturated heterocycles. The summed E-state index contributed by atoms with van der Waals surface area (Å²) < 4.78 is 0. The highest BCUT2D eigenvalue weighted by Gasteiger charge is 2.27. The summed E-state index contributed by atoms with van der Waals surface area (Å²) in [6.07, 6.45) is 3.22. The Morgan fingerprint density at radius 2 is 1.84 bits per heavy atom. The van der Waals surface area contributed by atoms with E-state index in [9.17, 15) is 4.79 Å². The van der Waals surface area contributed by atoms with Crippen LogP contribution in [-0.4, -0.2) is 24.4 Å². The molecule has 0 bridgehead atoms. The molecule has 1 rings (SSSR count). The highest BCUT2D eigenvalue weighted by Crippen LogP contribution is 2.28. The zero-order valence-corrected chi connectivity index (χ0v) is 12.7. The van der Waals surface area contributed by atoms with Gasteiger partial charge in [-0.2, -0.15) is 0 Å². The summed E-state index contributed by atoms with van der Waals surface area (Å²) in [5.74, 6) is 0.626. The Balaban J connectivity index is 2.89. The predicted molar refractivity (Wildman–Crippen MR) is 81.2 cm³/mol. The first kappa shape index (κ1) is 15.7. The van der Waals surface area contributed by atoms with E-state index in [1.54, 1.807) is 0 Å². The minimum absolute atomic E-state index is 0.00643. The van der Waals surface area contributed by atoms with E-state index < -0.39 is 0 Å². The molecule has 1 aromatic rings.